The van der Waals surface area contributed by atoms with E-state index in [-0.39, 0.29) is 11.4 Å². The van der Waals surface area contributed by atoms with Gasteiger partial charge in [-0.1, -0.05) is 51.1 Å². The lowest BCUT2D eigenvalue weighted by Crippen LogP contribution is -2.17. The van der Waals surface area contributed by atoms with Gasteiger partial charge in [0.05, 0.1) is 18.8 Å². The van der Waals surface area contributed by atoms with Crippen LogP contribution in [-0.4, -0.2) is 15.9 Å². The number of rotatable bonds is 3. The van der Waals surface area contributed by atoms with Crippen LogP contribution < -0.4 is 4.74 Å². The predicted octanol–water partition coefficient (Wildman–Crippen LogP) is 3.49. The molecule has 104 valence electrons. The van der Waals surface area contributed by atoms with Gasteiger partial charge in [-0.2, -0.15) is 0 Å². The Bertz CT molecular complexity index is 572. The van der Waals surface area contributed by atoms with Gasteiger partial charge < -0.3 is 4.74 Å². The van der Waals surface area contributed by atoms with Crippen molar-refractivity contribution in [1.82, 2.24) is 9.97 Å². The van der Waals surface area contributed by atoms with Crippen molar-refractivity contribution in [2.75, 3.05) is 0 Å². The number of aromatic nitrogens is 2. The molecule has 1 aromatic heterocycles. The van der Waals surface area contributed by atoms with Gasteiger partial charge in [0.2, 0.25) is 0 Å². The molecule has 0 fully saturated rings. The minimum Gasteiger partial charge on any atom is -0.423 e. The molecule has 0 saturated heterocycles. The van der Waals surface area contributed by atoms with E-state index in [0.717, 1.165) is 5.56 Å². The van der Waals surface area contributed by atoms with Crippen molar-refractivity contribution in [3.8, 4) is 17.1 Å². The van der Waals surface area contributed by atoms with E-state index in [9.17, 15) is 4.79 Å². The highest BCUT2D eigenvalue weighted by Gasteiger charge is 2.17. The van der Waals surface area contributed by atoms with Crippen molar-refractivity contribution < 1.29 is 9.53 Å². The largest absolute Gasteiger partial charge is 0.423 e. The fraction of sp³-hybridized carbons (Fsp3) is 0.312. The summed E-state index contributed by atoms with van der Waals surface area (Å²) in [6.45, 7) is 5.97. The third-order valence-corrected chi connectivity index (χ3v) is 2.57. The molecule has 2 rings (SSSR count). The molecule has 4 nitrogen and oxygen atoms in total. The van der Waals surface area contributed by atoms with E-state index in [1.165, 1.54) is 12.4 Å². The van der Waals surface area contributed by atoms with Crippen molar-refractivity contribution in [1.29, 1.82) is 0 Å². The maximum Gasteiger partial charge on any atom is 0.311 e. The average molecular weight is 270 g/mol. The smallest absolute Gasteiger partial charge is 0.311 e. The summed E-state index contributed by atoms with van der Waals surface area (Å²) in [5, 5.41) is 0. The average Bonchev–Trinajstić information content (AvgIpc) is 2.38. The zero-order valence-corrected chi connectivity index (χ0v) is 12.0. The molecule has 1 aromatic carbocycles. The molecular weight excluding hydrogens is 252 g/mol. The molecule has 1 heterocycles. The summed E-state index contributed by atoms with van der Waals surface area (Å²) in [6, 6.07) is 9.65. The molecule has 0 aliphatic heterocycles. The molecule has 0 atom stereocenters. The van der Waals surface area contributed by atoms with E-state index in [1.54, 1.807) is 0 Å². The van der Waals surface area contributed by atoms with Gasteiger partial charge in [0.1, 0.15) is 0 Å². The maximum absolute atomic E-state index is 11.7. The monoisotopic (exact) mass is 270 g/mol. The lowest BCUT2D eigenvalue weighted by Gasteiger charge is -2.16. The zero-order chi connectivity index (χ0) is 14.6. The van der Waals surface area contributed by atoms with Gasteiger partial charge >= 0.3 is 5.97 Å². The number of hydrogen-bond acceptors (Lipinski definition) is 4. The van der Waals surface area contributed by atoms with E-state index in [2.05, 4.69) is 9.97 Å². The van der Waals surface area contributed by atoms with E-state index >= 15 is 0 Å². The van der Waals surface area contributed by atoms with Crippen LogP contribution in [0.15, 0.2) is 42.7 Å². The van der Waals surface area contributed by atoms with Crippen molar-refractivity contribution >= 4 is 5.97 Å². The van der Waals surface area contributed by atoms with Crippen LogP contribution in [0.5, 0.6) is 5.75 Å². The summed E-state index contributed by atoms with van der Waals surface area (Å²) >= 11 is 0. The molecule has 0 spiro atoms. The minimum absolute atomic E-state index is 0.0953. The van der Waals surface area contributed by atoms with Gasteiger partial charge in [0.25, 0.3) is 0 Å². The highest BCUT2D eigenvalue weighted by Crippen LogP contribution is 2.21. The van der Waals surface area contributed by atoms with Gasteiger partial charge in [-0.25, -0.2) is 9.97 Å². The Morgan fingerprint density at radius 3 is 2.25 bits per heavy atom. The van der Waals surface area contributed by atoms with E-state index < -0.39 is 0 Å². The van der Waals surface area contributed by atoms with Crippen molar-refractivity contribution in [3.05, 3.63) is 42.7 Å². The number of hydrogen-bond donors (Lipinski definition) is 0. The van der Waals surface area contributed by atoms with Gasteiger partial charge in [-0.3, -0.25) is 4.79 Å². The highest BCUT2D eigenvalue weighted by atomic mass is 16.5. The van der Waals surface area contributed by atoms with Crippen LogP contribution in [-0.2, 0) is 4.79 Å². The number of nitrogens with zero attached hydrogens (tertiary/aromatic N) is 2. The van der Waals surface area contributed by atoms with Crippen molar-refractivity contribution in [2.45, 2.75) is 27.2 Å². The van der Waals surface area contributed by atoms with Crippen LogP contribution in [0.3, 0.4) is 0 Å². The van der Waals surface area contributed by atoms with Crippen LogP contribution in [0, 0.1) is 5.41 Å². The van der Waals surface area contributed by atoms with Crippen LogP contribution >= 0.6 is 0 Å². The summed E-state index contributed by atoms with van der Waals surface area (Å²) in [7, 11) is 0. The van der Waals surface area contributed by atoms with Gasteiger partial charge in [-0.15, -0.1) is 0 Å². The molecule has 0 saturated carbocycles. The molecule has 0 unspecified atom stereocenters. The second kappa shape index (κ2) is 5.82. The third-order valence-electron chi connectivity index (χ3n) is 2.57. The fourth-order valence-electron chi connectivity index (χ4n) is 1.71. The van der Waals surface area contributed by atoms with Crippen molar-refractivity contribution in [2.24, 2.45) is 5.41 Å². The Morgan fingerprint density at radius 2 is 1.70 bits per heavy atom. The van der Waals surface area contributed by atoms with E-state index in [0.29, 0.717) is 18.0 Å². The molecule has 0 amide bonds. The first-order chi connectivity index (χ1) is 9.44. The molecule has 20 heavy (non-hydrogen) atoms. The summed E-state index contributed by atoms with van der Waals surface area (Å²) in [5.41, 5.74) is 0.835. The first kappa shape index (κ1) is 14.2. The lowest BCUT2D eigenvalue weighted by molar-refractivity contribution is -0.136. The zero-order valence-electron chi connectivity index (χ0n) is 12.0. The second-order valence-electron chi connectivity index (χ2n) is 5.82. The SMILES string of the molecule is CC(C)(C)CC(=O)Oc1cnc(-c2ccccc2)nc1. The molecule has 0 radical (unpaired) electrons. The Balaban J connectivity index is 2.04. The van der Waals surface area contributed by atoms with Crippen LogP contribution in [0.25, 0.3) is 11.4 Å². The van der Waals surface area contributed by atoms with Crippen LogP contribution in [0.1, 0.15) is 27.2 Å². The number of ether oxygens (including phenoxy) is 1. The lowest BCUT2D eigenvalue weighted by atomic mass is 9.92. The molecule has 4 heteroatoms. The van der Waals surface area contributed by atoms with Gasteiger partial charge in [0, 0.05) is 5.56 Å². The molecular formula is C16H18N2O2. The minimum atomic E-state index is -0.270. The second-order valence-corrected chi connectivity index (χ2v) is 5.82. The molecule has 0 bridgehead atoms. The summed E-state index contributed by atoms with van der Waals surface area (Å²) in [4.78, 5) is 20.1. The van der Waals surface area contributed by atoms with Crippen LogP contribution in [0.2, 0.25) is 0 Å². The summed E-state index contributed by atoms with van der Waals surface area (Å²) < 4.78 is 5.22. The predicted molar refractivity (Wildman–Crippen MR) is 77.2 cm³/mol. The number of esters is 1. The summed E-state index contributed by atoms with van der Waals surface area (Å²) in [5.74, 6) is 0.716. The molecule has 0 aliphatic carbocycles. The third kappa shape index (κ3) is 4.16. The number of carbonyl (C=O) groups is 1. The fourth-order valence-corrected chi connectivity index (χ4v) is 1.71. The van der Waals surface area contributed by atoms with Gasteiger partial charge in [0.15, 0.2) is 11.6 Å². The number of carbonyl (C=O) groups excluding carboxylic acids is 1. The Hall–Kier alpha value is -2.23. The van der Waals surface area contributed by atoms with Gasteiger partial charge in [-0.05, 0) is 5.41 Å². The number of benzene rings is 1. The first-order valence-electron chi connectivity index (χ1n) is 6.52. The normalized spacial score (nSPS) is 11.2. The van der Waals surface area contributed by atoms with E-state index in [1.807, 2.05) is 51.1 Å². The van der Waals surface area contributed by atoms with Crippen LogP contribution in [0.4, 0.5) is 0 Å². The molecule has 0 N–H and O–H groups in total. The Morgan fingerprint density at radius 1 is 1.10 bits per heavy atom. The quantitative estimate of drug-likeness (QED) is 0.801. The molecule has 2 aromatic rings. The highest BCUT2D eigenvalue weighted by molar-refractivity contribution is 5.72. The van der Waals surface area contributed by atoms with E-state index in [4.69, 9.17) is 4.74 Å². The Labute approximate surface area is 118 Å². The molecule has 0 aliphatic rings. The maximum atomic E-state index is 11.7. The first-order valence-corrected chi connectivity index (χ1v) is 6.52. The van der Waals surface area contributed by atoms with Crippen molar-refractivity contribution in [3.63, 3.8) is 0 Å². The Kier molecular flexibility index (Phi) is 4.13. The standard InChI is InChI=1S/C16H18N2O2/c1-16(2,3)9-14(19)20-13-10-17-15(18-11-13)12-7-5-4-6-8-12/h4-8,10-11H,9H2,1-3H3. The summed E-state index contributed by atoms with van der Waals surface area (Å²) in [6.07, 6.45) is 3.40. The topological polar surface area (TPSA) is 52.1 Å².